The van der Waals surface area contributed by atoms with Gasteiger partial charge in [0, 0.05) is 5.69 Å². The fourth-order valence-electron chi connectivity index (χ4n) is 1.98. The van der Waals surface area contributed by atoms with Gasteiger partial charge < -0.3 is 15.4 Å². The molecule has 0 heterocycles. The summed E-state index contributed by atoms with van der Waals surface area (Å²) < 4.78 is 42.1. The molecular weight excluding hydrogens is 345 g/mol. The lowest BCUT2D eigenvalue weighted by Gasteiger charge is -2.16. The zero-order valence-corrected chi connectivity index (χ0v) is 13.3. The largest absolute Gasteiger partial charge is 0.435 e. The quantitative estimate of drug-likeness (QED) is 0.793. The maximum Gasteiger partial charge on any atom is 0.387 e. The van der Waals surface area contributed by atoms with Crippen LogP contribution in [0.4, 0.5) is 23.7 Å². The normalized spacial score (nSPS) is 11.9. The van der Waals surface area contributed by atoms with Crippen LogP contribution in [0.2, 0.25) is 5.02 Å². The predicted molar refractivity (Wildman–Crippen MR) is 85.1 cm³/mol. The Labute approximate surface area is 141 Å². The smallest absolute Gasteiger partial charge is 0.387 e. The van der Waals surface area contributed by atoms with Crippen molar-refractivity contribution >= 4 is 23.3 Å². The number of halogens is 4. The fraction of sp³-hybridized carbons (Fsp3) is 0.188. The van der Waals surface area contributed by atoms with Crippen molar-refractivity contribution in [2.45, 2.75) is 19.6 Å². The molecule has 0 spiro atoms. The van der Waals surface area contributed by atoms with Crippen molar-refractivity contribution in [1.82, 2.24) is 5.32 Å². The lowest BCUT2D eigenvalue weighted by Crippen LogP contribution is -2.31. The molecule has 0 saturated heterocycles. The van der Waals surface area contributed by atoms with Crippen molar-refractivity contribution in [1.29, 1.82) is 0 Å². The van der Waals surface area contributed by atoms with Gasteiger partial charge in [0.05, 0.1) is 11.1 Å². The molecule has 1 unspecified atom stereocenters. The van der Waals surface area contributed by atoms with Gasteiger partial charge >= 0.3 is 12.6 Å². The second kappa shape index (κ2) is 7.92. The highest BCUT2D eigenvalue weighted by molar-refractivity contribution is 6.30. The van der Waals surface area contributed by atoms with Crippen LogP contribution in [0.15, 0.2) is 42.5 Å². The first kappa shape index (κ1) is 17.9. The molecule has 1 atom stereocenters. The summed E-state index contributed by atoms with van der Waals surface area (Å²) in [6.45, 7) is -1.25. The van der Waals surface area contributed by atoms with Crippen LogP contribution in [0.25, 0.3) is 0 Å². The van der Waals surface area contributed by atoms with Gasteiger partial charge in [-0.05, 0) is 42.8 Å². The van der Waals surface area contributed by atoms with Crippen molar-refractivity contribution in [3.05, 3.63) is 58.9 Å². The molecule has 0 radical (unpaired) electrons. The van der Waals surface area contributed by atoms with E-state index < -0.39 is 24.5 Å². The molecule has 8 heteroatoms. The summed E-state index contributed by atoms with van der Waals surface area (Å²) in [5.41, 5.74) is 0.807. The lowest BCUT2D eigenvalue weighted by molar-refractivity contribution is -0.0499. The van der Waals surface area contributed by atoms with Gasteiger partial charge in [0.1, 0.15) is 11.6 Å². The molecule has 0 aliphatic carbocycles. The molecular formula is C16H14ClF3N2O2. The van der Waals surface area contributed by atoms with Gasteiger partial charge in [0.2, 0.25) is 0 Å². The van der Waals surface area contributed by atoms with Crippen LogP contribution in [0, 0.1) is 5.82 Å². The molecule has 2 aromatic carbocycles. The second-order valence-electron chi connectivity index (χ2n) is 4.90. The molecule has 0 aromatic heterocycles. The minimum absolute atomic E-state index is 0.00340. The van der Waals surface area contributed by atoms with Crippen molar-refractivity contribution in [2.24, 2.45) is 0 Å². The van der Waals surface area contributed by atoms with E-state index in [0.717, 1.165) is 6.07 Å². The van der Waals surface area contributed by atoms with Crippen molar-refractivity contribution < 1.29 is 22.7 Å². The Balaban J connectivity index is 1.99. The van der Waals surface area contributed by atoms with Gasteiger partial charge in [0.15, 0.2) is 0 Å². The molecule has 0 aliphatic heterocycles. The average molecular weight is 359 g/mol. The Morgan fingerprint density at radius 2 is 1.96 bits per heavy atom. The number of carbonyl (C=O) groups is 1. The topological polar surface area (TPSA) is 50.4 Å². The third-order valence-corrected chi connectivity index (χ3v) is 3.41. The van der Waals surface area contributed by atoms with E-state index in [1.54, 1.807) is 13.0 Å². The van der Waals surface area contributed by atoms with E-state index >= 15 is 0 Å². The highest BCUT2D eigenvalue weighted by atomic mass is 35.5. The van der Waals surface area contributed by atoms with E-state index in [9.17, 15) is 18.0 Å². The summed E-state index contributed by atoms with van der Waals surface area (Å²) >= 11 is 5.56. The molecule has 0 bridgehead atoms. The first-order chi connectivity index (χ1) is 11.3. The van der Waals surface area contributed by atoms with Gasteiger partial charge in [-0.3, -0.25) is 0 Å². The van der Waals surface area contributed by atoms with Crippen LogP contribution < -0.4 is 15.4 Å². The van der Waals surface area contributed by atoms with E-state index in [0.29, 0.717) is 5.56 Å². The first-order valence-corrected chi connectivity index (χ1v) is 7.30. The van der Waals surface area contributed by atoms with Crippen molar-refractivity contribution in [3.63, 3.8) is 0 Å². The van der Waals surface area contributed by atoms with Crippen LogP contribution in [-0.4, -0.2) is 12.6 Å². The molecule has 2 amide bonds. The summed E-state index contributed by atoms with van der Waals surface area (Å²) in [7, 11) is 0. The number of rotatable bonds is 5. The summed E-state index contributed by atoms with van der Waals surface area (Å²) in [5.74, 6) is -0.657. The Morgan fingerprint density at radius 1 is 1.21 bits per heavy atom. The first-order valence-electron chi connectivity index (χ1n) is 6.92. The molecule has 0 fully saturated rings. The van der Waals surface area contributed by atoms with Crippen LogP contribution in [0.5, 0.6) is 5.75 Å². The van der Waals surface area contributed by atoms with Gasteiger partial charge in [-0.1, -0.05) is 23.7 Å². The molecule has 24 heavy (non-hydrogen) atoms. The fourth-order valence-corrected chi connectivity index (χ4v) is 2.10. The lowest BCUT2D eigenvalue weighted by atomic mass is 10.1. The molecule has 0 aliphatic rings. The van der Waals surface area contributed by atoms with Crippen LogP contribution in [0.1, 0.15) is 18.5 Å². The predicted octanol–water partition coefficient (Wildman–Crippen LogP) is 4.96. The molecule has 2 aromatic rings. The van der Waals surface area contributed by atoms with Gasteiger partial charge in [-0.15, -0.1) is 0 Å². The number of hydrogen-bond donors (Lipinski definition) is 2. The molecule has 0 saturated carbocycles. The highest BCUT2D eigenvalue weighted by Crippen LogP contribution is 2.21. The number of amides is 2. The second-order valence-corrected chi connectivity index (χ2v) is 5.31. The van der Waals surface area contributed by atoms with Gasteiger partial charge in [-0.25, -0.2) is 9.18 Å². The summed E-state index contributed by atoms with van der Waals surface area (Å²) in [6.07, 6.45) is 0. The minimum Gasteiger partial charge on any atom is -0.435 e. The van der Waals surface area contributed by atoms with Crippen LogP contribution >= 0.6 is 11.6 Å². The van der Waals surface area contributed by atoms with Crippen LogP contribution in [0.3, 0.4) is 0 Å². The standard InChI is InChI=1S/C16H14ClF3N2O2/c1-9(10-3-2-4-12(7-10)24-15(19)20)21-16(23)22-11-5-6-13(17)14(18)8-11/h2-9,15H,1H3,(H2,21,22,23). The number of urea groups is 1. The Hall–Kier alpha value is -2.41. The van der Waals surface area contributed by atoms with E-state index in [1.165, 1.54) is 30.3 Å². The van der Waals surface area contributed by atoms with Gasteiger partial charge in [0.25, 0.3) is 0 Å². The van der Waals surface area contributed by atoms with Crippen molar-refractivity contribution in [3.8, 4) is 5.75 Å². The molecule has 4 nitrogen and oxygen atoms in total. The Morgan fingerprint density at radius 3 is 2.62 bits per heavy atom. The Bertz CT molecular complexity index is 728. The number of nitrogens with one attached hydrogen (secondary N) is 2. The van der Waals surface area contributed by atoms with Crippen LogP contribution in [-0.2, 0) is 0 Å². The summed E-state index contributed by atoms with van der Waals surface area (Å²) in [4.78, 5) is 11.9. The average Bonchev–Trinajstić information content (AvgIpc) is 2.50. The number of ether oxygens (including phenoxy) is 1. The molecule has 2 rings (SSSR count). The van der Waals surface area contributed by atoms with Crippen molar-refractivity contribution in [2.75, 3.05) is 5.32 Å². The highest BCUT2D eigenvalue weighted by Gasteiger charge is 2.12. The minimum atomic E-state index is -2.92. The van der Waals surface area contributed by atoms with E-state index in [-0.39, 0.29) is 16.5 Å². The third-order valence-electron chi connectivity index (χ3n) is 3.11. The third kappa shape index (κ3) is 5.06. The number of alkyl halides is 2. The number of benzene rings is 2. The van der Waals surface area contributed by atoms with Gasteiger partial charge in [-0.2, -0.15) is 8.78 Å². The summed E-state index contributed by atoms with van der Waals surface area (Å²) in [5, 5.41) is 5.02. The van der Waals surface area contributed by atoms with E-state index in [1.807, 2.05) is 0 Å². The number of hydrogen-bond acceptors (Lipinski definition) is 2. The summed E-state index contributed by atoms with van der Waals surface area (Å²) in [6, 6.07) is 8.78. The Kier molecular flexibility index (Phi) is 5.92. The zero-order valence-electron chi connectivity index (χ0n) is 12.5. The molecule has 2 N–H and O–H groups in total. The number of carbonyl (C=O) groups excluding carboxylic acids is 1. The van der Waals surface area contributed by atoms with E-state index in [4.69, 9.17) is 11.6 Å². The maximum atomic E-state index is 13.3. The zero-order chi connectivity index (χ0) is 17.7. The SMILES string of the molecule is CC(NC(=O)Nc1ccc(Cl)c(F)c1)c1cccc(OC(F)F)c1. The number of anilines is 1. The maximum absolute atomic E-state index is 13.3. The molecule has 128 valence electrons. The van der Waals surface area contributed by atoms with E-state index in [2.05, 4.69) is 15.4 Å². The monoisotopic (exact) mass is 358 g/mol.